The van der Waals surface area contributed by atoms with E-state index in [-0.39, 0.29) is 12.1 Å². The Labute approximate surface area is 101 Å². The topological polar surface area (TPSA) is 42.0 Å². The SMILES string of the molecule is O=C1NCc2c(-c3cncc(F)c3)ccc(F)c21. The fourth-order valence-corrected chi connectivity index (χ4v) is 2.14. The molecule has 1 N–H and O–H groups in total. The maximum atomic E-state index is 13.6. The number of carbonyl (C=O) groups excluding carboxylic acids is 1. The van der Waals surface area contributed by atoms with Gasteiger partial charge in [-0.25, -0.2) is 8.78 Å². The van der Waals surface area contributed by atoms with E-state index in [1.165, 1.54) is 24.4 Å². The first kappa shape index (κ1) is 10.8. The number of pyridine rings is 1. The van der Waals surface area contributed by atoms with Crippen LogP contribution in [0.2, 0.25) is 0 Å². The molecule has 0 fully saturated rings. The largest absolute Gasteiger partial charge is 0.348 e. The van der Waals surface area contributed by atoms with Crippen molar-refractivity contribution in [1.82, 2.24) is 10.3 Å². The molecular formula is C13H8F2N2O. The van der Waals surface area contributed by atoms with Gasteiger partial charge in [-0.15, -0.1) is 0 Å². The number of hydrogen-bond donors (Lipinski definition) is 1. The number of aromatic nitrogens is 1. The van der Waals surface area contributed by atoms with E-state index in [2.05, 4.69) is 10.3 Å². The van der Waals surface area contributed by atoms with Crippen molar-refractivity contribution >= 4 is 5.91 Å². The second-order valence-corrected chi connectivity index (χ2v) is 4.02. The Hall–Kier alpha value is -2.30. The molecule has 0 unspecified atom stereocenters. The first-order valence-corrected chi connectivity index (χ1v) is 5.37. The van der Waals surface area contributed by atoms with E-state index in [1.807, 2.05) is 0 Å². The van der Waals surface area contributed by atoms with Crippen molar-refractivity contribution in [2.24, 2.45) is 0 Å². The molecule has 90 valence electrons. The van der Waals surface area contributed by atoms with Gasteiger partial charge in [0, 0.05) is 18.3 Å². The summed E-state index contributed by atoms with van der Waals surface area (Å²) in [5, 5.41) is 2.56. The van der Waals surface area contributed by atoms with Crippen LogP contribution in [0.25, 0.3) is 11.1 Å². The molecule has 1 aromatic heterocycles. The van der Waals surface area contributed by atoms with Gasteiger partial charge >= 0.3 is 0 Å². The molecule has 1 aromatic carbocycles. The van der Waals surface area contributed by atoms with Crippen molar-refractivity contribution in [2.75, 3.05) is 0 Å². The molecule has 1 aliphatic rings. The highest BCUT2D eigenvalue weighted by atomic mass is 19.1. The van der Waals surface area contributed by atoms with E-state index >= 15 is 0 Å². The molecule has 0 bridgehead atoms. The van der Waals surface area contributed by atoms with Crippen LogP contribution in [0, 0.1) is 11.6 Å². The van der Waals surface area contributed by atoms with Gasteiger partial charge in [-0.2, -0.15) is 0 Å². The van der Waals surface area contributed by atoms with E-state index in [0.29, 0.717) is 16.7 Å². The number of fused-ring (bicyclic) bond motifs is 1. The summed E-state index contributed by atoms with van der Waals surface area (Å²) in [7, 11) is 0. The first-order chi connectivity index (χ1) is 8.66. The van der Waals surface area contributed by atoms with Crippen LogP contribution in [0.3, 0.4) is 0 Å². The predicted octanol–water partition coefficient (Wildman–Crippen LogP) is 2.27. The Kier molecular flexibility index (Phi) is 2.33. The average molecular weight is 246 g/mol. The van der Waals surface area contributed by atoms with Crippen molar-refractivity contribution in [1.29, 1.82) is 0 Å². The van der Waals surface area contributed by atoms with Gasteiger partial charge in [-0.1, -0.05) is 6.07 Å². The maximum Gasteiger partial charge on any atom is 0.254 e. The Bertz CT molecular complexity index is 655. The maximum absolute atomic E-state index is 13.6. The number of hydrogen-bond acceptors (Lipinski definition) is 2. The van der Waals surface area contributed by atoms with Crippen LogP contribution >= 0.6 is 0 Å². The van der Waals surface area contributed by atoms with Crippen LogP contribution < -0.4 is 5.32 Å². The standard InChI is InChI=1S/C13H8F2N2O/c14-8-3-7(4-16-5-8)9-1-2-11(15)12-10(9)6-17-13(12)18/h1-5H,6H2,(H,17,18). The summed E-state index contributed by atoms with van der Waals surface area (Å²) in [4.78, 5) is 15.2. The highest BCUT2D eigenvalue weighted by Crippen LogP contribution is 2.30. The van der Waals surface area contributed by atoms with Crippen LogP contribution in [0.5, 0.6) is 0 Å². The summed E-state index contributed by atoms with van der Waals surface area (Å²) in [5.74, 6) is -1.47. The molecule has 3 nitrogen and oxygen atoms in total. The summed E-state index contributed by atoms with van der Waals surface area (Å²) < 4.78 is 26.7. The number of nitrogens with zero attached hydrogens (tertiary/aromatic N) is 1. The van der Waals surface area contributed by atoms with Crippen LogP contribution in [0.4, 0.5) is 8.78 Å². The zero-order valence-electron chi connectivity index (χ0n) is 9.21. The molecule has 0 saturated heterocycles. The highest BCUT2D eigenvalue weighted by Gasteiger charge is 2.26. The fraction of sp³-hybridized carbons (Fsp3) is 0.0769. The minimum absolute atomic E-state index is 0.0387. The molecule has 0 spiro atoms. The Morgan fingerprint density at radius 3 is 2.83 bits per heavy atom. The molecule has 0 atom stereocenters. The van der Waals surface area contributed by atoms with E-state index in [1.54, 1.807) is 0 Å². The Balaban J connectivity index is 2.23. The van der Waals surface area contributed by atoms with Gasteiger partial charge in [0.1, 0.15) is 11.6 Å². The Morgan fingerprint density at radius 2 is 2.06 bits per heavy atom. The number of amides is 1. The number of halogens is 2. The molecule has 2 heterocycles. The van der Waals surface area contributed by atoms with Crippen LogP contribution in [0.1, 0.15) is 15.9 Å². The predicted molar refractivity (Wildman–Crippen MR) is 60.8 cm³/mol. The van der Waals surface area contributed by atoms with Gasteiger partial charge in [-0.3, -0.25) is 9.78 Å². The second kappa shape index (κ2) is 3.87. The van der Waals surface area contributed by atoms with E-state index in [9.17, 15) is 13.6 Å². The third-order valence-electron chi connectivity index (χ3n) is 2.93. The highest BCUT2D eigenvalue weighted by molar-refractivity contribution is 6.00. The minimum atomic E-state index is -0.562. The average Bonchev–Trinajstić information content (AvgIpc) is 2.73. The molecule has 0 aliphatic carbocycles. The fourth-order valence-electron chi connectivity index (χ4n) is 2.14. The van der Waals surface area contributed by atoms with E-state index in [0.717, 1.165) is 6.20 Å². The van der Waals surface area contributed by atoms with Crippen molar-refractivity contribution in [3.05, 3.63) is 53.4 Å². The van der Waals surface area contributed by atoms with Crippen molar-refractivity contribution in [2.45, 2.75) is 6.54 Å². The zero-order valence-corrected chi connectivity index (χ0v) is 9.21. The van der Waals surface area contributed by atoms with Gasteiger partial charge in [0.25, 0.3) is 5.91 Å². The molecule has 3 rings (SSSR count). The number of benzene rings is 1. The van der Waals surface area contributed by atoms with Crippen LogP contribution in [0.15, 0.2) is 30.6 Å². The first-order valence-electron chi connectivity index (χ1n) is 5.37. The van der Waals surface area contributed by atoms with Gasteiger partial charge in [0.2, 0.25) is 0 Å². The third-order valence-corrected chi connectivity index (χ3v) is 2.93. The van der Waals surface area contributed by atoms with Crippen molar-refractivity contribution < 1.29 is 13.6 Å². The number of rotatable bonds is 1. The van der Waals surface area contributed by atoms with E-state index in [4.69, 9.17) is 0 Å². The Morgan fingerprint density at radius 1 is 1.22 bits per heavy atom. The summed E-state index contributed by atoms with van der Waals surface area (Å²) in [6, 6.07) is 4.05. The van der Waals surface area contributed by atoms with Gasteiger partial charge in [0.15, 0.2) is 0 Å². The lowest BCUT2D eigenvalue weighted by Gasteiger charge is -2.07. The molecule has 0 radical (unpaired) electrons. The molecular weight excluding hydrogens is 238 g/mol. The quantitative estimate of drug-likeness (QED) is 0.838. The number of carbonyl (C=O) groups is 1. The lowest BCUT2D eigenvalue weighted by molar-refractivity contribution is 0.0962. The van der Waals surface area contributed by atoms with Crippen LogP contribution in [-0.4, -0.2) is 10.9 Å². The van der Waals surface area contributed by atoms with Gasteiger partial charge < -0.3 is 5.32 Å². The minimum Gasteiger partial charge on any atom is -0.348 e. The monoisotopic (exact) mass is 246 g/mol. The number of nitrogens with one attached hydrogen (secondary N) is 1. The molecule has 5 heteroatoms. The molecule has 18 heavy (non-hydrogen) atoms. The molecule has 0 saturated carbocycles. The zero-order chi connectivity index (χ0) is 12.7. The normalized spacial score (nSPS) is 13.3. The van der Waals surface area contributed by atoms with E-state index < -0.39 is 17.5 Å². The summed E-state index contributed by atoms with van der Waals surface area (Å²) in [5.41, 5.74) is 1.74. The molecule has 2 aromatic rings. The summed E-state index contributed by atoms with van der Waals surface area (Å²) >= 11 is 0. The van der Waals surface area contributed by atoms with Gasteiger partial charge in [-0.05, 0) is 23.3 Å². The van der Waals surface area contributed by atoms with Crippen LogP contribution in [-0.2, 0) is 6.54 Å². The lowest BCUT2D eigenvalue weighted by atomic mass is 9.97. The molecule has 1 aliphatic heterocycles. The molecule has 1 amide bonds. The second-order valence-electron chi connectivity index (χ2n) is 4.02. The van der Waals surface area contributed by atoms with Crippen molar-refractivity contribution in [3.8, 4) is 11.1 Å². The van der Waals surface area contributed by atoms with Gasteiger partial charge in [0.05, 0.1) is 11.8 Å². The summed E-state index contributed by atoms with van der Waals surface area (Å²) in [6.45, 7) is 0.248. The smallest absolute Gasteiger partial charge is 0.254 e. The summed E-state index contributed by atoms with van der Waals surface area (Å²) in [6.07, 6.45) is 2.58. The van der Waals surface area contributed by atoms with Crippen molar-refractivity contribution in [3.63, 3.8) is 0 Å². The third kappa shape index (κ3) is 1.55. The lowest BCUT2D eigenvalue weighted by Crippen LogP contribution is -2.13.